The third kappa shape index (κ3) is 7.31. The van der Waals surface area contributed by atoms with Gasteiger partial charge >= 0.3 is 12.3 Å². The van der Waals surface area contributed by atoms with Crippen LogP contribution in [-0.4, -0.2) is 76.8 Å². The minimum absolute atomic E-state index is 0.0615. The molecule has 18 heteroatoms. The molecule has 13 nitrogen and oxygen atoms in total. The number of carbonyl (C=O) groups excluding carboxylic acids is 1. The number of alkyl halides is 3. The first kappa shape index (κ1) is 34.4. The number of hydrazine groups is 1. The second-order valence-electron chi connectivity index (χ2n) is 11.3. The molecule has 2 N–H and O–H groups in total. The average molecular weight is 736 g/mol. The third-order valence-electron chi connectivity index (χ3n) is 6.94. The monoisotopic (exact) mass is 734 g/mol. The van der Waals surface area contributed by atoms with Gasteiger partial charge in [0.1, 0.15) is 24.6 Å². The van der Waals surface area contributed by atoms with Gasteiger partial charge in [-0.25, -0.2) is 24.9 Å². The van der Waals surface area contributed by atoms with E-state index in [0.29, 0.717) is 5.56 Å². The molecule has 0 aliphatic carbocycles. The fourth-order valence-electron chi connectivity index (χ4n) is 5.18. The lowest BCUT2D eigenvalue weighted by atomic mass is 9.80. The van der Waals surface area contributed by atoms with E-state index in [-0.39, 0.29) is 35.6 Å². The van der Waals surface area contributed by atoms with E-state index in [0.717, 1.165) is 16.9 Å². The highest BCUT2D eigenvalue weighted by Crippen LogP contribution is 2.48. The Morgan fingerprint density at radius 3 is 2.61 bits per heavy atom. The molecule has 2 fully saturated rings. The number of aromatic nitrogens is 4. The van der Waals surface area contributed by atoms with Crippen molar-refractivity contribution in [3.05, 3.63) is 69.4 Å². The van der Waals surface area contributed by atoms with Crippen molar-refractivity contribution in [3.63, 3.8) is 0 Å². The van der Waals surface area contributed by atoms with E-state index in [1.807, 2.05) is 0 Å². The Balaban J connectivity index is 1.72. The van der Waals surface area contributed by atoms with Crippen molar-refractivity contribution in [2.24, 2.45) is 0 Å². The molecule has 250 valence electrons. The van der Waals surface area contributed by atoms with Crippen LogP contribution in [-0.2, 0) is 40.2 Å². The number of rotatable bonds is 8. The molecule has 0 spiro atoms. The first-order valence-electron chi connectivity index (χ1n) is 13.9. The topological polar surface area (TPSA) is 140 Å². The van der Waals surface area contributed by atoms with Crippen LogP contribution in [0.1, 0.15) is 44.1 Å². The van der Waals surface area contributed by atoms with Crippen LogP contribution in [0.2, 0.25) is 5.02 Å². The quantitative estimate of drug-likeness (QED) is 0.243. The molecule has 2 saturated heterocycles. The number of nitrogens with zero attached hydrogens (tertiary/aromatic N) is 4. The summed E-state index contributed by atoms with van der Waals surface area (Å²) in [5.74, 6) is -0.169. The highest BCUT2D eigenvalue weighted by molar-refractivity contribution is 9.10. The molecule has 2 aromatic heterocycles. The van der Waals surface area contributed by atoms with Gasteiger partial charge < -0.3 is 28.4 Å². The summed E-state index contributed by atoms with van der Waals surface area (Å²) < 4.78 is 79.3. The smallest absolute Gasteiger partial charge is 0.435 e. The molecule has 0 saturated carbocycles. The number of benzene rings is 1. The average Bonchev–Trinajstić information content (AvgIpc) is 3.39. The largest absolute Gasteiger partial charge is 0.443 e. The molecule has 1 unspecified atom stereocenters. The number of nitrogens with one attached hydrogen (secondary N) is 2. The SMILES string of the molecule is COCO[C@H]1CO[C@@H]2COC(c3ccccc3)O[C@@]2(c2nc(Br)nn2-c2cc(Cl)cnc2C(F)(F)F)[C@@H]1NNC(=O)OC(C)(C)C. The fraction of sp³-hybridized carbons (Fsp3) is 0.500. The molecule has 4 heterocycles. The zero-order chi connectivity index (χ0) is 33.3. The summed E-state index contributed by atoms with van der Waals surface area (Å²) >= 11 is 9.38. The highest BCUT2D eigenvalue weighted by atomic mass is 79.9. The zero-order valence-corrected chi connectivity index (χ0v) is 27.4. The van der Waals surface area contributed by atoms with Crippen molar-refractivity contribution in [2.75, 3.05) is 27.1 Å². The molecule has 5 atom stereocenters. The number of hydrogen-bond donors (Lipinski definition) is 2. The molecule has 3 aromatic rings. The van der Waals surface area contributed by atoms with Crippen molar-refractivity contribution in [1.29, 1.82) is 0 Å². The Labute approximate surface area is 275 Å². The van der Waals surface area contributed by atoms with Crippen LogP contribution in [0.15, 0.2) is 47.3 Å². The van der Waals surface area contributed by atoms with E-state index in [9.17, 15) is 18.0 Å². The van der Waals surface area contributed by atoms with Gasteiger partial charge in [0.15, 0.2) is 23.4 Å². The summed E-state index contributed by atoms with van der Waals surface area (Å²) in [6.07, 6.45) is -7.91. The molecule has 0 bridgehead atoms. The molecule has 0 radical (unpaired) electrons. The minimum atomic E-state index is -4.90. The van der Waals surface area contributed by atoms with Crippen LogP contribution in [0.3, 0.4) is 0 Å². The van der Waals surface area contributed by atoms with Gasteiger partial charge in [-0.15, -0.1) is 5.10 Å². The first-order valence-corrected chi connectivity index (χ1v) is 15.1. The van der Waals surface area contributed by atoms with E-state index in [2.05, 4.69) is 41.8 Å². The van der Waals surface area contributed by atoms with Gasteiger partial charge in [-0.2, -0.15) is 13.2 Å². The Morgan fingerprint density at radius 1 is 1.20 bits per heavy atom. The van der Waals surface area contributed by atoms with Gasteiger partial charge in [-0.3, -0.25) is 5.43 Å². The molecule has 5 rings (SSSR count). The van der Waals surface area contributed by atoms with Crippen LogP contribution in [0.5, 0.6) is 0 Å². The van der Waals surface area contributed by atoms with E-state index >= 15 is 0 Å². The molecular formula is C28H31BrClF3N6O7. The standard InChI is InChI=1S/C28H31BrClF3N6O7/c1-26(2,3)46-25(40)37-36-21-18(44-14-41-4)12-42-19-13-43-22(15-8-6-5-7-9-15)45-27(19,21)23-35-24(29)38-39(23)17-10-16(30)11-34-20(17)28(31,32)33/h5-11,18-19,21-22,36H,12-14H2,1-4H3,(H,37,40)/t18-,19+,21+,22?,27+/m0/s1. The van der Waals surface area contributed by atoms with E-state index < -0.39 is 59.4 Å². The van der Waals surface area contributed by atoms with Crippen molar-refractivity contribution >= 4 is 33.6 Å². The predicted octanol–water partition coefficient (Wildman–Crippen LogP) is 4.82. The lowest BCUT2D eigenvalue weighted by Gasteiger charge is -2.54. The van der Waals surface area contributed by atoms with Gasteiger partial charge in [-0.05, 0) is 42.8 Å². The van der Waals surface area contributed by atoms with Crippen molar-refractivity contribution in [2.45, 2.75) is 62.7 Å². The number of methoxy groups -OCH3 is 1. The Bertz CT molecular complexity index is 1530. The zero-order valence-electron chi connectivity index (χ0n) is 25.0. The fourth-order valence-corrected chi connectivity index (χ4v) is 5.66. The molecule has 46 heavy (non-hydrogen) atoms. The lowest BCUT2D eigenvalue weighted by Crippen LogP contribution is -2.72. The van der Waals surface area contributed by atoms with E-state index in [4.69, 9.17) is 40.0 Å². The van der Waals surface area contributed by atoms with Gasteiger partial charge in [-0.1, -0.05) is 41.9 Å². The number of hydrogen-bond acceptors (Lipinski definition) is 11. The number of halogens is 5. The van der Waals surface area contributed by atoms with Crippen molar-refractivity contribution < 1.29 is 46.4 Å². The minimum Gasteiger partial charge on any atom is -0.443 e. The normalized spacial score (nSPS) is 25.2. The summed E-state index contributed by atoms with van der Waals surface area (Å²) in [4.78, 5) is 20.9. The second-order valence-corrected chi connectivity index (χ2v) is 12.5. The third-order valence-corrected chi connectivity index (χ3v) is 7.48. The summed E-state index contributed by atoms with van der Waals surface area (Å²) in [5.41, 5.74) is 1.51. The second kappa shape index (κ2) is 13.7. The summed E-state index contributed by atoms with van der Waals surface area (Å²) in [6.45, 7) is 4.69. The molecular weight excluding hydrogens is 705 g/mol. The van der Waals surface area contributed by atoms with Crippen LogP contribution < -0.4 is 10.9 Å². The maximum absolute atomic E-state index is 14.3. The summed E-state index contributed by atoms with van der Waals surface area (Å²) in [6, 6.07) is 8.80. The number of fused-ring (bicyclic) bond motifs is 1. The Hall–Kier alpha value is -2.90. The number of amides is 1. The van der Waals surface area contributed by atoms with Crippen LogP contribution in [0, 0.1) is 0 Å². The molecule has 1 amide bonds. The number of pyridine rings is 1. The Morgan fingerprint density at radius 2 is 1.93 bits per heavy atom. The Kier molecular flexibility index (Phi) is 10.2. The lowest BCUT2D eigenvalue weighted by molar-refractivity contribution is -0.356. The first-order chi connectivity index (χ1) is 21.7. The number of ether oxygens (including phenoxy) is 6. The van der Waals surface area contributed by atoms with Crippen molar-refractivity contribution in [3.8, 4) is 5.69 Å². The molecule has 2 aliphatic heterocycles. The maximum Gasteiger partial charge on any atom is 0.435 e. The molecule has 1 aromatic carbocycles. The molecule has 2 aliphatic rings. The maximum atomic E-state index is 14.3. The highest BCUT2D eigenvalue weighted by Gasteiger charge is 2.62. The van der Waals surface area contributed by atoms with Crippen molar-refractivity contribution in [1.82, 2.24) is 30.6 Å². The number of carbonyl (C=O) groups is 1. The predicted molar refractivity (Wildman–Crippen MR) is 158 cm³/mol. The van der Waals surface area contributed by atoms with Crippen LogP contribution >= 0.6 is 27.5 Å². The summed E-state index contributed by atoms with van der Waals surface area (Å²) in [5, 5.41) is 4.17. The van der Waals surface area contributed by atoms with Gasteiger partial charge in [0.25, 0.3) is 0 Å². The van der Waals surface area contributed by atoms with Crippen LogP contribution in [0.25, 0.3) is 5.69 Å². The van der Waals surface area contributed by atoms with Gasteiger partial charge in [0.2, 0.25) is 4.73 Å². The van der Waals surface area contributed by atoms with Crippen LogP contribution in [0.4, 0.5) is 18.0 Å². The van der Waals surface area contributed by atoms with E-state index in [1.165, 1.54) is 7.11 Å². The van der Waals surface area contributed by atoms with E-state index in [1.54, 1.807) is 51.1 Å². The van der Waals surface area contributed by atoms with Gasteiger partial charge in [0, 0.05) is 18.9 Å². The summed E-state index contributed by atoms with van der Waals surface area (Å²) in [7, 11) is 1.42. The van der Waals surface area contributed by atoms with Gasteiger partial charge in [0.05, 0.1) is 30.0 Å².